The van der Waals surface area contributed by atoms with Crippen LogP contribution in [0.25, 0.3) is 0 Å². The van der Waals surface area contributed by atoms with Crippen molar-refractivity contribution >= 4 is 12.4 Å². The number of hydrogen-bond acceptors (Lipinski definition) is 3. The highest BCUT2D eigenvalue weighted by Crippen LogP contribution is 1.72. The molecule has 0 spiro atoms. The van der Waals surface area contributed by atoms with Crippen LogP contribution in [-0.2, 0) is 14.3 Å². The minimum absolute atomic E-state index is 0.0443. The number of nitrogens with one attached hydrogen (secondary N) is 1. The van der Waals surface area contributed by atoms with Gasteiger partial charge < -0.3 is 10.1 Å². The Labute approximate surface area is 87.0 Å². The van der Waals surface area contributed by atoms with Crippen LogP contribution in [0.2, 0.25) is 0 Å². The van der Waals surface area contributed by atoms with Crippen molar-refractivity contribution < 1.29 is 14.3 Å². The van der Waals surface area contributed by atoms with Gasteiger partial charge in [-0.2, -0.15) is 0 Å². The molecular formula is C10H23NO3. The Kier molecular flexibility index (Phi) is 30.2. The number of rotatable bonds is 4. The highest BCUT2D eigenvalue weighted by molar-refractivity contribution is 5.73. The van der Waals surface area contributed by atoms with Crippen LogP contribution in [0.1, 0.15) is 41.0 Å². The molecule has 0 bridgehead atoms. The van der Waals surface area contributed by atoms with Crippen LogP contribution < -0.4 is 5.32 Å². The van der Waals surface area contributed by atoms with Gasteiger partial charge in [-0.1, -0.05) is 34.1 Å². The maximum atomic E-state index is 10.4. The average molecular weight is 205 g/mol. The molecule has 0 radical (unpaired) electrons. The lowest BCUT2D eigenvalue weighted by Crippen LogP contribution is -2.23. The van der Waals surface area contributed by atoms with Crippen molar-refractivity contribution in [2.75, 3.05) is 13.2 Å². The molecular weight excluding hydrogens is 182 g/mol. The third-order valence-corrected chi connectivity index (χ3v) is 0.635. The van der Waals surface area contributed by atoms with E-state index < -0.39 is 5.97 Å². The van der Waals surface area contributed by atoms with Crippen molar-refractivity contribution in [1.29, 1.82) is 0 Å². The molecule has 0 fully saturated rings. The summed E-state index contributed by atoms with van der Waals surface area (Å²) in [5.74, 6) is -0.412. The molecule has 0 aliphatic heterocycles. The molecule has 86 valence electrons. The summed E-state index contributed by atoms with van der Waals surface area (Å²) in [6.45, 7) is 10.3. The summed E-state index contributed by atoms with van der Waals surface area (Å²) in [6, 6.07) is 0. The van der Waals surface area contributed by atoms with Gasteiger partial charge in [0.2, 0.25) is 6.41 Å². The van der Waals surface area contributed by atoms with Gasteiger partial charge in [-0.15, -0.1) is 0 Å². The molecule has 0 atom stereocenters. The molecule has 14 heavy (non-hydrogen) atoms. The van der Waals surface area contributed by atoms with Crippen LogP contribution in [0.5, 0.6) is 0 Å². The predicted octanol–water partition coefficient (Wildman–Crippen LogP) is 1.74. The highest BCUT2D eigenvalue weighted by Gasteiger charge is 1.96. The van der Waals surface area contributed by atoms with Crippen molar-refractivity contribution in [2.24, 2.45) is 0 Å². The van der Waals surface area contributed by atoms with Gasteiger partial charge in [0.25, 0.3) is 0 Å². The van der Waals surface area contributed by atoms with E-state index in [9.17, 15) is 9.59 Å². The third kappa shape index (κ3) is 30.6. The maximum Gasteiger partial charge on any atom is 0.325 e. The minimum atomic E-state index is -0.412. The quantitative estimate of drug-likeness (QED) is 0.562. The number of carbonyl (C=O) groups excluding carboxylic acids is 2. The van der Waals surface area contributed by atoms with Gasteiger partial charge in [0, 0.05) is 0 Å². The highest BCUT2D eigenvalue weighted by atomic mass is 16.5. The first-order valence-corrected chi connectivity index (χ1v) is 5.05. The molecule has 0 rings (SSSR count). The fourth-order valence-electron chi connectivity index (χ4n) is 0.337. The molecule has 0 saturated carbocycles. The normalized spacial score (nSPS) is 6.93. The van der Waals surface area contributed by atoms with Gasteiger partial charge in [0.15, 0.2) is 0 Å². The number of esters is 1. The molecule has 0 unspecified atom stereocenters. The molecule has 1 N–H and O–H groups in total. The molecule has 0 aromatic heterocycles. The predicted molar refractivity (Wildman–Crippen MR) is 58.0 cm³/mol. The van der Waals surface area contributed by atoms with Gasteiger partial charge in [-0.05, 0) is 6.92 Å². The number of ether oxygens (including phenoxy) is 1. The smallest absolute Gasteiger partial charge is 0.325 e. The SMILES string of the molecule is CC.CCC.CCOC(=O)CNC=O. The van der Waals surface area contributed by atoms with E-state index in [0.717, 1.165) is 0 Å². The zero-order chi connectivity index (χ0) is 11.8. The zero-order valence-electron chi connectivity index (χ0n) is 9.92. The Morgan fingerprint density at radius 2 is 1.71 bits per heavy atom. The van der Waals surface area contributed by atoms with E-state index in [1.54, 1.807) is 6.92 Å². The van der Waals surface area contributed by atoms with Gasteiger partial charge in [0.05, 0.1) is 6.61 Å². The first kappa shape index (κ1) is 18.7. The van der Waals surface area contributed by atoms with Crippen LogP contribution in [0.15, 0.2) is 0 Å². The van der Waals surface area contributed by atoms with Crippen LogP contribution in [0.4, 0.5) is 0 Å². The Morgan fingerprint density at radius 1 is 1.29 bits per heavy atom. The summed E-state index contributed by atoms with van der Waals surface area (Å²) in [4.78, 5) is 20.0. The Morgan fingerprint density at radius 3 is 2.00 bits per heavy atom. The van der Waals surface area contributed by atoms with Crippen LogP contribution in [0, 0.1) is 0 Å². The van der Waals surface area contributed by atoms with Gasteiger partial charge in [-0.3, -0.25) is 9.59 Å². The lowest BCUT2D eigenvalue weighted by molar-refractivity contribution is -0.142. The second-order valence-electron chi connectivity index (χ2n) is 2.01. The van der Waals surface area contributed by atoms with Crippen molar-refractivity contribution in [2.45, 2.75) is 41.0 Å². The van der Waals surface area contributed by atoms with Gasteiger partial charge in [0.1, 0.15) is 6.54 Å². The zero-order valence-corrected chi connectivity index (χ0v) is 9.92. The fraction of sp³-hybridized carbons (Fsp3) is 0.800. The molecule has 0 heterocycles. The van der Waals surface area contributed by atoms with E-state index in [1.165, 1.54) is 6.42 Å². The van der Waals surface area contributed by atoms with Crippen molar-refractivity contribution in [1.82, 2.24) is 5.32 Å². The molecule has 4 heteroatoms. The minimum Gasteiger partial charge on any atom is -0.465 e. The largest absolute Gasteiger partial charge is 0.465 e. The number of carbonyl (C=O) groups is 2. The number of amides is 1. The van der Waals surface area contributed by atoms with E-state index >= 15 is 0 Å². The Bertz CT molecular complexity index is 116. The summed E-state index contributed by atoms with van der Waals surface area (Å²) >= 11 is 0. The van der Waals surface area contributed by atoms with E-state index in [4.69, 9.17) is 0 Å². The van der Waals surface area contributed by atoms with Crippen LogP contribution in [-0.4, -0.2) is 25.5 Å². The molecule has 0 aromatic carbocycles. The topological polar surface area (TPSA) is 55.4 Å². The lowest BCUT2D eigenvalue weighted by atomic mass is 10.6. The molecule has 0 aliphatic carbocycles. The molecule has 0 aromatic rings. The maximum absolute atomic E-state index is 10.4. The van der Waals surface area contributed by atoms with Crippen molar-refractivity contribution in [3.63, 3.8) is 0 Å². The molecule has 4 nitrogen and oxygen atoms in total. The molecule has 0 saturated heterocycles. The van der Waals surface area contributed by atoms with Crippen molar-refractivity contribution in [3.8, 4) is 0 Å². The lowest BCUT2D eigenvalue weighted by Gasteiger charge is -1.97. The van der Waals surface area contributed by atoms with Crippen LogP contribution >= 0.6 is 0 Å². The first-order valence-electron chi connectivity index (χ1n) is 5.05. The third-order valence-electron chi connectivity index (χ3n) is 0.635. The molecule has 0 aliphatic rings. The van der Waals surface area contributed by atoms with E-state index in [-0.39, 0.29) is 6.54 Å². The van der Waals surface area contributed by atoms with Crippen LogP contribution in [0.3, 0.4) is 0 Å². The monoisotopic (exact) mass is 205 g/mol. The van der Waals surface area contributed by atoms with E-state index in [2.05, 4.69) is 23.9 Å². The van der Waals surface area contributed by atoms with Gasteiger partial charge in [-0.25, -0.2) is 0 Å². The summed E-state index contributed by atoms with van der Waals surface area (Å²) in [6.07, 6.45) is 1.71. The number of hydrogen-bond donors (Lipinski definition) is 1. The van der Waals surface area contributed by atoms with E-state index in [0.29, 0.717) is 13.0 Å². The Balaban J connectivity index is -0.000000205. The summed E-state index contributed by atoms with van der Waals surface area (Å²) < 4.78 is 4.48. The van der Waals surface area contributed by atoms with Gasteiger partial charge >= 0.3 is 5.97 Å². The van der Waals surface area contributed by atoms with E-state index in [1.807, 2.05) is 13.8 Å². The summed E-state index contributed by atoms with van der Waals surface area (Å²) in [5.41, 5.74) is 0. The molecule has 1 amide bonds. The second-order valence-corrected chi connectivity index (χ2v) is 2.01. The average Bonchev–Trinajstić information content (AvgIpc) is 2.20. The second kappa shape index (κ2) is 22.7. The van der Waals surface area contributed by atoms with Crippen molar-refractivity contribution in [3.05, 3.63) is 0 Å². The Hall–Kier alpha value is -1.06. The summed E-state index contributed by atoms with van der Waals surface area (Å²) in [5, 5.41) is 2.18. The summed E-state index contributed by atoms with van der Waals surface area (Å²) in [7, 11) is 0. The first-order chi connectivity index (χ1) is 6.72. The standard InChI is InChI=1S/C5H9NO3.C3H8.C2H6/c1-2-9-5(8)3-6-4-7;1-3-2;1-2/h4H,2-3H2,1H3,(H,6,7);3H2,1-2H3;1-2H3. The fourth-order valence-corrected chi connectivity index (χ4v) is 0.337.